The SMILES string of the molecule is O=C(NCC1CCCCC1)c1c[nH]c2c(=O)[nH]c3ccccc3c12. The molecule has 24 heavy (non-hydrogen) atoms. The molecule has 5 nitrogen and oxygen atoms in total. The zero-order valence-corrected chi connectivity index (χ0v) is 13.5. The molecule has 1 fully saturated rings. The summed E-state index contributed by atoms with van der Waals surface area (Å²) in [6.45, 7) is 0.715. The Bertz CT molecular complexity index is 948. The second-order valence-corrected chi connectivity index (χ2v) is 6.67. The van der Waals surface area contributed by atoms with Crippen LogP contribution in [0.4, 0.5) is 0 Å². The Balaban J connectivity index is 1.68. The number of aromatic nitrogens is 2. The molecule has 2 heterocycles. The van der Waals surface area contributed by atoms with Crippen LogP contribution in [0.15, 0.2) is 35.3 Å². The molecule has 1 amide bonds. The van der Waals surface area contributed by atoms with E-state index in [1.807, 2.05) is 24.3 Å². The number of amides is 1. The van der Waals surface area contributed by atoms with Crippen LogP contribution >= 0.6 is 0 Å². The maximum Gasteiger partial charge on any atom is 0.272 e. The van der Waals surface area contributed by atoms with E-state index in [2.05, 4.69) is 15.3 Å². The van der Waals surface area contributed by atoms with E-state index in [1.54, 1.807) is 6.20 Å². The number of hydrogen-bond donors (Lipinski definition) is 3. The van der Waals surface area contributed by atoms with E-state index < -0.39 is 0 Å². The van der Waals surface area contributed by atoms with Crippen molar-refractivity contribution in [1.29, 1.82) is 0 Å². The summed E-state index contributed by atoms with van der Waals surface area (Å²) < 4.78 is 0. The topological polar surface area (TPSA) is 77.8 Å². The fourth-order valence-electron chi connectivity index (χ4n) is 3.78. The number of hydrogen-bond acceptors (Lipinski definition) is 2. The van der Waals surface area contributed by atoms with Gasteiger partial charge in [0.2, 0.25) is 0 Å². The lowest BCUT2D eigenvalue weighted by molar-refractivity contribution is 0.0945. The third kappa shape index (κ3) is 2.60. The van der Waals surface area contributed by atoms with Gasteiger partial charge < -0.3 is 15.3 Å². The van der Waals surface area contributed by atoms with Gasteiger partial charge in [0.15, 0.2) is 0 Å². The molecule has 0 spiro atoms. The van der Waals surface area contributed by atoms with Crippen molar-refractivity contribution in [1.82, 2.24) is 15.3 Å². The first-order chi connectivity index (χ1) is 11.7. The summed E-state index contributed by atoms with van der Waals surface area (Å²) in [6.07, 6.45) is 7.85. The summed E-state index contributed by atoms with van der Waals surface area (Å²) in [5.41, 5.74) is 1.55. The molecular weight excluding hydrogens is 302 g/mol. The van der Waals surface area contributed by atoms with Gasteiger partial charge in [0.1, 0.15) is 5.52 Å². The van der Waals surface area contributed by atoms with Crippen molar-refractivity contribution >= 4 is 27.7 Å². The normalized spacial score (nSPS) is 15.8. The maximum absolute atomic E-state index is 12.7. The summed E-state index contributed by atoms with van der Waals surface area (Å²) >= 11 is 0. The minimum atomic E-state index is -0.199. The van der Waals surface area contributed by atoms with Crippen molar-refractivity contribution < 1.29 is 4.79 Å². The van der Waals surface area contributed by atoms with Gasteiger partial charge in [-0.3, -0.25) is 9.59 Å². The minimum absolute atomic E-state index is 0.109. The van der Waals surface area contributed by atoms with E-state index in [9.17, 15) is 9.59 Å². The summed E-state index contributed by atoms with van der Waals surface area (Å²) in [5, 5.41) is 4.65. The molecule has 1 aromatic carbocycles. The van der Waals surface area contributed by atoms with Gasteiger partial charge in [-0.15, -0.1) is 0 Å². The Kier molecular flexibility index (Phi) is 3.84. The second-order valence-electron chi connectivity index (χ2n) is 6.67. The van der Waals surface area contributed by atoms with E-state index in [4.69, 9.17) is 0 Å². The number of carbonyl (C=O) groups excluding carboxylic acids is 1. The van der Waals surface area contributed by atoms with Gasteiger partial charge in [-0.25, -0.2) is 0 Å². The molecular formula is C19H21N3O2. The van der Waals surface area contributed by atoms with Crippen molar-refractivity contribution in [2.75, 3.05) is 6.54 Å². The van der Waals surface area contributed by atoms with Gasteiger partial charge in [0.05, 0.1) is 5.56 Å². The molecule has 4 rings (SSSR count). The molecule has 0 radical (unpaired) electrons. The maximum atomic E-state index is 12.7. The van der Waals surface area contributed by atoms with Crippen LogP contribution in [-0.4, -0.2) is 22.4 Å². The predicted octanol–water partition coefficient (Wildman–Crippen LogP) is 3.32. The molecule has 0 unspecified atom stereocenters. The third-order valence-electron chi connectivity index (χ3n) is 5.07. The van der Waals surface area contributed by atoms with Crippen LogP contribution in [0.3, 0.4) is 0 Å². The van der Waals surface area contributed by atoms with E-state index >= 15 is 0 Å². The molecule has 124 valence electrons. The highest BCUT2D eigenvalue weighted by Crippen LogP contribution is 2.25. The number of pyridine rings is 1. The molecule has 3 aromatic rings. The van der Waals surface area contributed by atoms with E-state index in [-0.39, 0.29) is 11.5 Å². The lowest BCUT2D eigenvalue weighted by Crippen LogP contribution is -2.30. The van der Waals surface area contributed by atoms with Gasteiger partial charge in [-0.2, -0.15) is 0 Å². The molecule has 0 atom stereocenters. The van der Waals surface area contributed by atoms with E-state index in [0.717, 1.165) is 10.9 Å². The molecule has 2 aromatic heterocycles. The lowest BCUT2D eigenvalue weighted by Gasteiger charge is -2.21. The third-order valence-corrected chi connectivity index (χ3v) is 5.07. The number of fused-ring (bicyclic) bond motifs is 3. The smallest absolute Gasteiger partial charge is 0.272 e. The van der Waals surface area contributed by atoms with Crippen LogP contribution in [-0.2, 0) is 0 Å². The number of benzene rings is 1. The quantitative estimate of drug-likeness (QED) is 0.691. The van der Waals surface area contributed by atoms with Crippen LogP contribution in [0.1, 0.15) is 42.5 Å². The van der Waals surface area contributed by atoms with Gasteiger partial charge in [0.25, 0.3) is 11.5 Å². The van der Waals surface area contributed by atoms with Crippen molar-refractivity contribution in [3.8, 4) is 0 Å². The Labute approximate surface area is 139 Å². The van der Waals surface area contributed by atoms with E-state index in [0.29, 0.717) is 28.9 Å². The van der Waals surface area contributed by atoms with Crippen LogP contribution in [0, 0.1) is 5.92 Å². The van der Waals surface area contributed by atoms with Crippen LogP contribution < -0.4 is 10.9 Å². The van der Waals surface area contributed by atoms with Gasteiger partial charge >= 0.3 is 0 Å². The molecule has 5 heteroatoms. The lowest BCUT2D eigenvalue weighted by atomic mass is 9.89. The zero-order valence-electron chi connectivity index (χ0n) is 13.5. The molecule has 0 aliphatic heterocycles. The second kappa shape index (κ2) is 6.15. The molecule has 1 saturated carbocycles. The number of aromatic amines is 2. The Morgan fingerprint density at radius 1 is 1.17 bits per heavy atom. The van der Waals surface area contributed by atoms with Crippen LogP contribution in [0.5, 0.6) is 0 Å². The first kappa shape index (κ1) is 15.0. The monoisotopic (exact) mass is 323 g/mol. The minimum Gasteiger partial charge on any atom is -0.356 e. The van der Waals surface area contributed by atoms with Gasteiger partial charge in [0, 0.05) is 29.0 Å². The van der Waals surface area contributed by atoms with Crippen molar-refractivity contribution in [2.45, 2.75) is 32.1 Å². The Morgan fingerprint density at radius 3 is 2.79 bits per heavy atom. The van der Waals surface area contributed by atoms with Crippen LogP contribution in [0.25, 0.3) is 21.8 Å². The average Bonchev–Trinajstić information content (AvgIpc) is 3.07. The highest BCUT2D eigenvalue weighted by molar-refractivity contribution is 6.16. The number of carbonyl (C=O) groups is 1. The fraction of sp³-hybridized carbons (Fsp3) is 0.368. The fourth-order valence-corrected chi connectivity index (χ4v) is 3.78. The molecule has 1 aliphatic carbocycles. The first-order valence-electron chi connectivity index (χ1n) is 8.64. The summed E-state index contributed by atoms with van der Waals surface area (Å²) in [4.78, 5) is 30.7. The number of para-hydroxylation sites is 1. The van der Waals surface area contributed by atoms with Gasteiger partial charge in [-0.05, 0) is 24.8 Å². The summed E-state index contributed by atoms with van der Waals surface area (Å²) in [6, 6.07) is 7.57. The zero-order chi connectivity index (χ0) is 16.5. The molecule has 3 N–H and O–H groups in total. The number of H-pyrrole nitrogens is 2. The van der Waals surface area contributed by atoms with E-state index in [1.165, 1.54) is 32.1 Å². The molecule has 1 aliphatic rings. The average molecular weight is 323 g/mol. The molecule has 0 bridgehead atoms. The largest absolute Gasteiger partial charge is 0.356 e. The van der Waals surface area contributed by atoms with Crippen molar-refractivity contribution in [3.63, 3.8) is 0 Å². The highest BCUT2D eigenvalue weighted by atomic mass is 16.1. The standard InChI is InChI=1S/C19H21N3O2/c23-18(21-10-12-6-2-1-3-7-12)14-11-20-17-16(14)13-8-4-5-9-15(13)22-19(17)24/h4-5,8-9,11-12,20H,1-3,6-7,10H2,(H,21,23)(H,22,24). The first-order valence-corrected chi connectivity index (χ1v) is 8.64. The predicted molar refractivity (Wildman–Crippen MR) is 95.3 cm³/mol. The van der Waals surface area contributed by atoms with Crippen LogP contribution in [0.2, 0.25) is 0 Å². The Morgan fingerprint density at radius 2 is 1.96 bits per heavy atom. The number of rotatable bonds is 3. The van der Waals surface area contributed by atoms with Gasteiger partial charge in [-0.1, -0.05) is 37.5 Å². The van der Waals surface area contributed by atoms with Crippen molar-refractivity contribution in [2.24, 2.45) is 5.92 Å². The molecule has 0 saturated heterocycles. The van der Waals surface area contributed by atoms with Crippen molar-refractivity contribution in [3.05, 3.63) is 46.4 Å². The highest BCUT2D eigenvalue weighted by Gasteiger charge is 2.19. The summed E-state index contributed by atoms with van der Waals surface area (Å²) in [5.74, 6) is 0.468. The number of nitrogens with one attached hydrogen (secondary N) is 3. The Hall–Kier alpha value is -2.56. The summed E-state index contributed by atoms with van der Waals surface area (Å²) in [7, 11) is 0.